The van der Waals surface area contributed by atoms with Crippen LogP contribution in [0.5, 0.6) is 0 Å². The lowest BCUT2D eigenvalue weighted by atomic mass is 10.1. The second-order valence-corrected chi connectivity index (χ2v) is 3.79. The van der Waals surface area contributed by atoms with Crippen molar-refractivity contribution in [2.24, 2.45) is 0 Å². The zero-order valence-corrected chi connectivity index (χ0v) is 9.53. The van der Waals surface area contributed by atoms with Crippen LogP contribution in [-0.4, -0.2) is 16.0 Å². The Morgan fingerprint density at radius 3 is 2.88 bits per heavy atom. The molecule has 0 unspecified atom stereocenters. The van der Waals surface area contributed by atoms with E-state index in [9.17, 15) is 4.79 Å². The van der Waals surface area contributed by atoms with E-state index >= 15 is 0 Å². The fraction of sp³-hybridized carbons (Fsp3) is 0.167. The Morgan fingerprint density at radius 2 is 2.29 bits per heavy atom. The van der Waals surface area contributed by atoms with Crippen molar-refractivity contribution in [3.63, 3.8) is 0 Å². The average molecular weight is 230 g/mol. The lowest BCUT2D eigenvalue weighted by Gasteiger charge is -2.08. The smallest absolute Gasteiger partial charge is 0.161 e. The van der Waals surface area contributed by atoms with Crippen LogP contribution < -0.4 is 11.1 Å². The Labute approximate surface area is 99.0 Å². The molecule has 2 rings (SSSR count). The summed E-state index contributed by atoms with van der Waals surface area (Å²) in [5, 5.41) is 9.90. The van der Waals surface area contributed by atoms with E-state index in [1.165, 1.54) is 6.92 Å². The molecule has 0 amide bonds. The predicted molar refractivity (Wildman–Crippen MR) is 66.8 cm³/mol. The van der Waals surface area contributed by atoms with E-state index in [-0.39, 0.29) is 5.78 Å². The summed E-state index contributed by atoms with van der Waals surface area (Å²) < 4.78 is 0. The Hall–Kier alpha value is -2.30. The number of hydrogen-bond acceptors (Lipinski definition) is 4. The van der Waals surface area contributed by atoms with Gasteiger partial charge in [-0.25, -0.2) is 0 Å². The molecule has 5 nitrogen and oxygen atoms in total. The zero-order chi connectivity index (χ0) is 12.3. The first-order valence-corrected chi connectivity index (χ1v) is 5.29. The highest BCUT2D eigenvalue weighted by Gasteiger charge is 2.05. The Balaban J connectivity index is 2.07. The third-order valence-electron chi connectivity index (χ3n) is 2.47. The van der Waals surface area contributed by atoms with Gasteiger partial charge in [-0.15, -0.1) is 0 Å². The zero-order valence-electron chi connectivity index (χ0n) is 9.53. The van der Waals surface area contributed by atoms with Crippen molar-refractivity contribution >= 4 is 17.2 Å². The maximum absolute atomic E-state index is 11.2. The molecule has 0 saturated heterocycles. The molecule has 0 spiro atoms. The van der Waals surface area contributed by atoms with E-state index < -0.39 is 0 Å². The van der Waals surface area contributed by atoms with E-state index in [0.29, 0.717) is 17.8 Å². The maximum Gasteiger partial charge on any atom is 0.161 e. The van der Waals surface area contributed by atoms with E-state index in [1.807, 2.05) is 12.1 Å². The number of nitrogens with one attached hydrogen (secondary N) is 2. The summed E-state index contributed by atoms with van der Waals surface area (Å²) in [7, 11) is 0. The Kier molecular flexibility index (Phi) is 3.09. The van der Waals surface area contributed by atoms with Crippen molar-refractivity contribution in [2.45, 2.75) is 13.5 Å². The first kappa shape index (κ1) is 11.2. The minimum atomic E-state index is -0.0254. The van der Waals surface area contributed by atoms with Gasteiger partial charge in [0, 0.05) is 23.1 Å². The van der Waals surface area contributed by atoms with E-state index in [0.717, 1.165) is 11.4 Å². The number of hydrogen-bond donors (Lipinski definition) is 3. The molecule has 1 heterocycles. The topological polar surface area (TPSA) is 83.8 Å². The first-order chi connectivity index (χ1) is 8.16. The highest BCUT2D eigenvalue weighted by Crippen LogP contribution is 2.18. The number of nitrogen functional groups attached to an aromatic ring is 1. The summed E-state index contributed by atoms with van der Waals surface area (Å²) in [6, 6.07) is 7.21. The van der Waals surface area contributed by atoms with Gasteiger partial charge in [0.15, 0.2) is 5.78 Å². The van der Waals surface area contributed by atoms with Gasteiger partial charge in [0.1, 0.15) is 0 Å². The number of nitrogens with zero attached hydrogens (tertiary/aromatic N) is 1. The number of H-pyrrole nitrogens is 1. The maximum atomic E-state index is 11.2. The lowest BCUT2D eigenvalue weighted by molar-refractivity contribution is 0.101. The summed E-state index contributed by atoms with van der Waals surface area (Å²) in [6.07, 6.45) is 1.70. The molecule has 0 saturated carbocycles. The standard InChI is InChI=1S/C12H14N4O/c1-8(17)11-3-2-9(6-12(11)13)14-7-10-4-5-15-16-10/h2-6,14H,7,13H2,1H3,(H,15,16). The van der Waals surface area contributed by atoms with Gasteiger partial charge in [-0.1, -0.05) is 0 Å². The third-order valence-corrected chi connectivity index (χ3v) is 2.47. The van der Waals surface area contributed by atoms with Gasteiger partial charge < -0.3 is 11.1 Å². The van der Waals surface area contributed by atoms with Gasteiger partial charge in [0.05, 0.1) is 12.2 Å². The molecule has 1 aromatic carbocycles. The number of rotatable bonds is 4. The molecular formula is C12H14N4O. The summed E-state index contributed by atoms with van der Waals surface area (Å²) in [5.74, 6) is -0.0254. The second-order valence-electron chi connectivity index (χ2n) is 3.79. The first-order valence-electron chi connectivity index (χ1n) is 5.29. The second kappa shape index (κ2) is 4.69. The minimum Gasteiger partial charge on any atom is -0.398 e. The monoisotopic (exact) mass is 230 g/mol. The number of aromatic amines is 1. The van der Waals surface area contributed by atoms with Gasteiger partial charge in [0.2, 0.25) is 0 Å². The van der Waals surface area contributed by atoms with Crippen molar-refractivity contribution in [3.05, 3.63) is 41.7 Å². The van der Waals surface area contributed by atoms with E-state index in [4.69, 9.17) is 5.73 Å². The molecule has 17 heavy (non-hydrogen) atoms. The van der Waals surface area contributed by atoms with Crippen LogP contribution in [0.4, 0.5) is 11.4 Å². The number of carbonyl (C=O) groups is 1. The van der Waals surface area contributed by atoms with Crippen molar-refractivity contribution < 1.29 is 4.79 Å². The molecule has 1 aromatic heterocycles. The van der Waals surface area contributed by atoms with E-state index in [2.05, 4.69) is 15.5 Å². The van der Waals surface area contributed by atoms with Crippen LogP contribution in [0, 0.1) is 0 Å². The lowest BCUT2D eigenvalue weighted by Crippen LogP contribution is -2.03. The SMILES string of the molecule is CC(=O)c1ccc(NCc2ccn[nH]2)cc1N. The van der Waals surface area contributed by atoms with Crippen LogP contribution in [0.15, 0.2) is 30.5 Å². The normalized spacial score (nSPS) is 10.2. The van der Waals surface area contributed by atoms with E-state index in [1.54, 1.807) is 18.3 Å². The van der Waals surface area contributed by atoms with Crippen LogP contribution in [0.1, 0.15) is 23.0 Å². The van der Waals surface area contributed by atoms with Gasteiger partial charge in [-0.3, -0.25) is 9.89 Å². The summed E-state index contributed by atoms with van der Waals surface area (Å²) >= 11 is 0. The molecule has 0 aliphatic carbocycles. The van der Waals surface area contributed by atoms with Gasteiger partial charge in [-0.2, -0.15) is 5.10 Å². The molecule has 2 aromatic rings. The van der Waals surface area contributed by atoms with Crippen LogP contribution in [0.3, 0.4) is 0 Å². The molecule has 0 aliphatic rings. The predicted octanol–water partition coefficient (Wildman–Crippen LogP) is 1.81. The molecule has 0 radical (unpaired) electrons. The summed E-state index contributed by atoms with van der Waals surface area (Å²) in [4.78, 5) is 11.2. The molecule has 0 atom stereocenters. The van der Waals surface area contributed by atoms with Crippen molar-refractivity contribution in [1.29, 1.82) is 0 Å². The number of ketones is 1. The average Bonchev–Trinajstić information content (AvgIpc) is 2.78. The molecule has 88 valence electrons. The highest BCUT2D eigenvalue weighted by atomic mass is 16.1. The van der Waals surface area contributed by atoms with Crippen molar-refractivity contribution in [1.82, 2.24) is 10.2 Å². The minimum absolute atomic E-state index is 0.0254. The molecule has 0 fully saturated rings. The Morgan fingerprint density at radius 1 is 1.47 bits per heavy atom. The highest BCUT2D eigenvalue weighted by molar-refractivity contribution is 5.99. The summed E-state index contributed by atoms with van der Waals surface area (Å²) in [6.45, 7) is 2.14. The van der Waals surface area contributed by atoms with Gasteiger partial charge in [0.25, 0.3) is 0 Å². The molecule has 5 heteroatoms. The quantitative estimate of drug-likeness (QED) is 0.552. The molecular weight excluding hydrogens is 216 g/mol. The number of nitrogens with two attached hydrogens (primary N) is 1. The van der Waals surface area contributed by atoms with Crippen LogP contribution in [0.2, 0.25) is 0 Å². The van der Waals surface area contributed by atoms with Crippen LogP contribution >= 0.6 is 0 Å². The van der Waals surface area contributed by atoms with Crippen LogP contribution in [-0.2, 0) is 6.54 Å². The number of benzene rings is 1. The Bertz CT molecular complexity index is 519. The number of carbonyl (C=O) groups excluding carboxylic acids is 1. The molecule has 0 bridgehead atoms. The number of aromatic nitrogens is 2. The van der Waals surface area contributed by atoms with Crippen molar-refractivity contribution in [2.75, 3.05) is 11.1 Å². The van der Waals surface area contributed by atoms with Gasteiger partial charge >= 0.3 is 0 Å². The van der Waals surface area contributed by atoms with Crippen LogP contribution in [0.25, 0.3) is 0 Å². The third kappa shape index (κ3) is 2.63. The number of anilines is 2. The molecule has 4 N–H and O–H groups in total. The largest absolute Gasteiger partial charge is 0.398 e. The van der Waals surface area contributed by atoms with Gasteiger partial charge in [-0.05, 0) is 31.2 Å². The fourth-order valence-electron chi connectivity index (χ4n) is 1.57. The fourth-order valence-corrected chi connectivity index (χ4v) is 1.57. The van der Waals surface area contributed by atoms with Crippen molar-refractivity contribution in [3.8, 4) is 0 Å². The summed E-state index contributed by atoms with van der Waals surface area (Å²) in [5.41, 5.74) is 8.70. The molecule has 0 aliphatic heterocycles. The number of Topliss-reactive ketones (excluding diaryl/α,β-unsaturated/α-hetero) is 1.